The van der Waals surface area contributed by atoms with Gasteiger partial charge < -0.3 is 19.5 Å². The summed E-state index contributed by atoms with van der Waals surface area (Å²) >= 11 is 0. The standard InChI is InChI=1S/C14H16N2O7/c1-21-11-5-4-9(16(19)20)7-10(11)15-13(17)8-23-14(18)12-3-2-6-22-12/h4-5,7,12H,2-3,6,8H2,1H3,(H,15,17)/t12-/m1/s1. The predicted octanol–water partition coefficient (Wildman–Crippen LogP) is 1.26. The molecule has 1 aromatic rings. The van der Waals surface area contributed by atoms with Gasteiger partial charge in [0.25, 0.3) is 11.6 Å². The van der Waals surface area contributed by atoms with Crippen molar-refractivity contribution in [1.82, 2.24) is 0 Å². The number of amides is 1. The first-order valence-corrected chi connectivity index (χ1v) is 6.92. The summed E-state index contributed by atoms with van der Waals surface area (Å²) in [6, 6.07) is 3.79. The maximum Gasteiger partial charge on any atom is 0.335 e. The number of hydrogen-bond acceptors (Lipinski definition) is 7. The highest BCUT2D eigenvalue weighted by atomic mass is 16.6. The third-order valence-electron chi connectivity index (χ3n) is 3.21. The summed E-state index contributed by atoms with van der Waals surface area (Å²) in [5.41, 5.74) is -0.0719. The van der Waals surface area contributed by atoms with Crippen LogP contribution in [0.5, 0.6) is 5.75 Å². The van der Waals surface area contributed by atoms with Crippen LogP contribution in [0, 0.1) is 10.1 Å². The summed E-state index contributed by atoms with van der Waals surface area (Å²) in [4.78, 5) is 33.6. The van der Waals surface area contributed by atoms with Crippen LogP contribution in [0.1, 0.15) is 12.8 Å². The zero-order valence-electron chi connectivity index (χ0n) is 12.4. The Labute approximate surface area is 131 Å². The Kier molecular flexibility index (Phi) is 5.47. The number of hydrogen-bond donors (Lipinski definition) is 1. The van der Waals surface area contributed by atoms with Crippen molar-refractivity contribution in [3.05, 3.63) is 28.3 Å². The first kappa shape index (κ1) is 16.7. The van der Waals surface area contributed by atoms with Crippen LogP contribution in [0.3, 0.4) is 0 Å². The number of methoxy groups -OCH3 is 1. The third kappa shape index (κ3) is 4.39. The summed E-state index contributed by atoms with van der Waals surface area (Å²) in [5, 5.41) is 13.2. The molecule has 1 heterocycles. The van der Waals surface area contributed by atoms with E-state index in [0.29, 0.717) is 13.0 Å². The molecule has 1 atom stereocenters. The molecule has 1 aromatic carbocycles. The van der Waals surface area contributed by atoms with Gasteiger partial charge in [0.05, 0.1) is 17.7 Å². The molecule has 9 heteroatoms. The van der Waals surface area contributed by atoms with Crippen LogP contribution in [-0.2, 0) is 19.1 Å². The SMILES string of the molecule is COc1ccc([N+](=O)[O-])cc1NC(=O)COC(=O)[C@H]1CCCO1. The number of nitrogens with one attached hydrogen (secondary N) is 1. The van der Waals surface area contributed by atoms with Crippen LogP contribution in [0.2, 0.25) is 0 Å². The molecule has 1 N–H and O–H groups in total. The molecule has 0 spiro atoms. The number of carbonyl (C=O) groups is 2. The molecule has 1 saturated heterocycles. The van der Waals surface area contributed by atoms with E-state index >= 15 is 0 Å². The van der Waals surface area contributed by atoms with E-state index in [0.717, 1.165) is 6.42 Å². The number of nitrogens with zero attached hydrogens (tertiary/aromatic N) is 1. The van der Waals surface area contributed by atoms with E-state index in [4.69, 9.17) is 14.2 Å². The smallest absolute Gasteiger partial charge is 0.335 e. The van der Waals surface area contributed by atoms with Crippen LogP contribution >= 0.6 is 0 Å². The first-order valence-electron chi connectivity index (χ1n) is 6.92. The van der Waals surface area contributed by atoms with Crippen molar-refractivity contribution in [2.45, 2.75) is 18.9 Å². The quantitative estimate of drug-likeness (QED) is 0.475. The average Bonchev–Trinajstić information content (AvgIpc) is 3.07. The van der Waals surface area contributed by atoms with Crippen molar-refractivity contribution < 1.29 is 28.7 Å². The van der Waals surface area contributed by atoms with Crippen LogP contribution in [0.25, 0.3) is 0 Å². The van der Waals surface area contributed by atoms with Crippen LogP contribution < -0.4 is 10.1 Å². The number of carbonyl (C=O) groups excluding carboxylic acids is 2. The van der Waals surface area contributed by atoms with Crippen molar-refractivity contribution in [2.75, 3.05) is 25.6 Å². The minimum atomic E-state index is -0.629. The molecule has 0 aliphatic carbocycles. The van der Waals surface area contributed by atoms with Gasteiger partial charge in [-0.25, -0.2) is 4.79 Å². The maximum atomic E-state index is 11.8. The van der Waals surface area contributed by atoms with Crippen molar-refractivity contribution in [2.24, 2.45) is 0 Å². The van der Waals surface area contributed by atoms with E-state index in [9.17, 15) is 19.7 Å². The second kappa shape index (κ2) is 7.54. The number of esters is 1. The van der Waals surface area contributed by atoms with E-state index in [1.807, 2.05) is 0 Å². The molecule has 1 amide bonds. The van der Waals surface area contributed by atoms with E-state index in [1.54, 1.807) is 0 Å². The summed E-state index contributed by atoms with van der Waals surface area (Å²) in [6.45, 7) is -0.0125. The Balaban J connectivity index is 1.94. The highest BCUT2D eigenvalue weighted by molar-refractivity contribution is 5.94. The van der Waals surface area contributed by atoms with Gasteiger partial charge in [-0.05, 0) is 18.9 Å². The topological polar surface area (TPSA) is 117 Å². The number of nitro groups is 1. The van der Waals surface area contributed by atoms with E-state index in [-0.39, 0.29) is 17.1 Å². The Morgan fingerprint density at radius 3 is 2.87 bits per heavy atom. The van der Waals surface area contributed by atoms with Gasteiger partial charge in [0, 0.05) is 18.7 Å². The molecule has 23 heavy (non-hydrogen) atoms. The van der Waals surface area contributed by atoms with Gasteiger partial charge in [0.15, 0.2) is 12.7 Å². The largest absolute Gasteiger partial charge is 0.495 e. The van der Waals surface area contributed by atoms with Gasteiger partial charge in [-0.15, -0.1) is 0 Å². The molecule has 0 radical (unpaired) electrons. The van der Waals surface area contributed by atoms with Gasteiger partial charge in [0.1, 0.15) is 5.75 Å². The molecule has 1 fully saturated rings. The molecule has 0 saturated carbocycles. The lowest BCUT2D eigenvalue weighted by molar-refractivity contribution is -0.384. The lowest BCUT2D eigenvalue weighted by Gasteiger charge is -2.11. The number of non-ortho nitro benzene ring substituents is 1. The van der Waals surface area contributed by atoms with Gasteiger partial charge >= 0.3 is 5.97 Å². The fourth-order valence-electron chi connectivity index (χ4n) is 2.09. The fourth-order valence-corrected chi connectivity index (χ4v) is 2.09. The molecule has 1 aliphatic heterocycles. The summed E-state index contributed by atoms with van der Waals surface area (Å²) in [5.74, 6) is -0.965. The molecule has 0 unspecified atom stereocenters. The highest BCUT2D eigenvalue weighted by Gasteiger charge is 2.25. The lowest BCUT2D eigenvalue weighted by Crippen LogP contribution is -2.27. The predicted molar refractivity (Wildman–Crippen MR) is 78.2 cm³/mol. The molecule has 124 valence electrons. The molecule has 9 nitrogen and oxygen atoms in total. The molecular formula is C14H16N2O7. The van der Waals surface area contributed by atoms with Crippen LogP contribution in [-0.4, -0.2) is 43.2 Å². The summed E-state index contributed by atoms with van der Waals surface area (Å²) in [7, 11) is 1.37. The highest BCUT2D eigenvalue weighted by Crippen LogP contribution is 2.28. The zero-order valence-corrected chi connectivity index (χ0v) is 12.4. The molecule has 1 aliphatic rings. The van der Waals surface area contributed by atoms with Gasteiger partial charge in [-0.1, -0.05) is 0 Å². The van der Waals surface area contributed by atoms with Gasteiger partial charge in [0.2, 0.25) is 0 Å². The first-order chi connectivity index (χ1) is 11.0. The maximum absolute atomic E-state index is 11.8. The van der Waals surface area contributed by atoms with Crippen molar-refractivity contribution in [1.29, 1.82) is 0 Å². The molecular weight excluding hydrogens is 308 g/mol. The van der Waals surface area contributed by atoms with Crippen molar-refractivity contribution in [3.8, 4) is 5.75 Å². The van der Waals surface area contributed by atoms with Gasteiger partial charge in [-0.2, -0.15) is 0 Å². The van der Waals surface area contributed by atoms with E-state index < -0.39 is 29.5 Å². The van der Waals surface area contributed by atoms with E-state index in [1.165, 1.54) is 25.3 Å². The van der Waals surface area contributed by atoms with Crippen LogP contribution in [0.15, 0.2) is 18.2 Å². The second-order valence-corrected chi connectivity index (χ2v) is 4.80. The van der Waals surface area contributed by atoms with Gasteiger partial charge in [-0.3, -0.25) is 14.9 Å². The van der Waals surface area contributed by atoms with Crippen molar-refractivity contribution in [3.63, 3.8) is 0 Å². The fraction of sp³-hybridized carbons (Fsp3) is 0.429. The Bertz CT molecular complexity index is 611. The summed E-state index contributed by atoms with van der Waals surface area (Å²) < 4.78 is 15.0. The van der Waals surface area contributed by atoms with Crippen LogP contribution in [0.4, 0.5) is 11.4 Å². The molecule has 0 bridgehead atoms. The number of rotatable bonds is 6. The van der Waals surface area contributed by atoms with E-state index in [2.05, 4.69) is 5.32 Å². The monoisotopic (exact) mass is 324 g/mol. The van der Waals surface area contributed by atoms with Crippen molar-refractivity contribution >= 4 is 23.3 Å². The summed E-state index contributed by atoms with van der Waals surface area (Å²) in [6.07, 6.45) is 0.714. The number of ether oxygens (including phenoxy) is 3. The Hall–Kier alpha value is -2.68. The Morgan fingerprint density at radius 2 is 2.26 bits per heavy atom. The number of nitro benzene ring substituents is 1. The lowest BCUT2D eigenvalue weighted by atomic mass is 10.2. The minimum absolute atomic E-state index is 0.125. The normalized spacial score (nSPS) is 16.7. The zero-order chi connectivity index (χ0) is 16.8. The molecule has 2 rings (SSSR count). The number of anilines is 1. The average molecular weight is 324 g/mol. The minimum Gasteiger partial charge on any atom is -0.495 e. The number of benzene rings is 1. The third-order valence-corrected chi connectivity index (χ3v) is 3.21. The Morgan fingerprint density at radius 1 is 1.48 bits per heavy atom. The second-order valence-electron chi connectivity index (χ2n) is 4.80. The molecule has 0 aromatic heterocycles.